The lowest BCUT2D eigenvalue weighted by Gasteiger charge is -2.09. The first kappa shape index (κ1) is 13.0. The van der Waals surface area contributed by atoms with Crippen LogP contribution in [0.4, 0.5) is 5.82 Å². The average molecular weight is 307 g/mol. The van der Waals surface area contributed by atoms with Gasteiger partial charge in [-0.15, -0.1) is 11.3 Å². The van der Waals surface area contributed by atoms with E-state index in [0.717, 1.165) is 33.1 Å². The predicted molar refractivity (Wildman–Crippen MR) is 88.8 cm³/mol. The van der Waals surface area contributed by atoms with E-state index in [1.54, 1.807) is 17.5 Å². The van der Waals surface area contributed by atoms with Crippen molar-refractivity contribution in [1.29, 1.82) is 0 Å². The molecule has 0 radical (unpaired) electrons. The monoisotopic (exact) mass is 307 g/mol. The Labute approximate surface area is 131 Å². The third-order valence-corrected chi connectivity index (χ3v) is 4.22. The van der Waals surface area contributed by atoms with E-state index in [9.17, 15) is 0 Å². The summed E-state index contributed by atoms with van der Waals surface area (Å²) in [4.78, 5) is 10.4. The predicted octanol–water partition coefficient (Wildman–Crippen LogP) is 3.69. The van der Waals surface area contributed by atoms with Gasteiger partial charge in [0.25, 0.3) is 0 Å². The Bertz CT molecular complexity index is 884. The fraction of sp³-hybridized carbons (Fsp3) is 0.0625. The molecule has 3 aromatic heterocycles. The fourth-order valence-electron chi connectivity index (χ4n) is 2.29. The van der Waals surface area contributed by atoms with E-state index >= 15 is 0 Å². The van der Waals surface area contributed by atoms with Gasteiger partial charge in [0.15, 0.2) is 5.82 Å². The van der Waals surface area contributed by atoms with E-state index in [0.29, 0.717) is 6.54 Å². The van der Waals surface area contributed by atoms with Crippen molar-refractivity contribution in [1.82, 2.24) is 20.2 Å². The van der Waals surface area contributed by atoms with Gasteiger partial charge in [-0.05, 0) is 29.6 Å². The summed E-state index contributed by atoms with van der Waals surface area (Å²) in [6.45, 7) is 0.644. The van der Waals surface area contributed by atoms with Crippen molar-refractivity contribution >= 4 is 28.1 Å². The maximum atomic E-state index is 4.70. The quantitative estimate of drug-likeness (QED) is 0.603. The van der Waals surface area contributed by atoms with E-state index in [-0.39, 0.29) is 0 Å². The molecule has 0 fully saturated rings. The van der Waals surface area contributed by atoms with Crippen molar-refractivity contribution in [2.75, 3.05) is 5.32 Å². The molecule has 0 atom stereocenters. The summed E-state index contributed by atoms with van der Waals surface area (Å²) >= 11 is 1.64. The number of nitrogens with one attached hydrogen (secondary N) is 2. The molecule has 0 aliphatic carbocycles. The highest BCUT2D eigenvalue weighted by Gasteiger charge is 2.09. The number of benzene rings is 1. The number of hydrogen-bond donors (Lipinski definition) is 2. The summed E-state index contributed by atoms with van der Waals surface area (Å²) in [6.07, 6.45) is 1.74. The van der Waals surface area contributed by atoms with Crippen molar-refractivity contribution in [3.05, 3.63) is 59.7 Å². The number of para-hydroxylation sites is 1. The van der Waals surface area contributed by atoms with Crippen LogP contribution in [0, 0.1) is 0 Å². The minimum atomic E-state index is 0.644. The van der Waals surface area contributed by atoms with Crippen molar-refractivity contribution in [3.63, 3.8) is 0 Å². The molecule has 2 N–H and O–H groups in total. The molecule has 0 unspecified atom stereocenters. The number of anilines is 1. The molecule has 22 heavy (non-hydrogen) atoms. The average Bonchev–Trinajstić information content (AvgIpc) is 3.25. The van der Waals surface area contributed by atoms with Crippen molar-refractivity contribution in [3.8, 4) is 10.7 Å². The van der Waals surface area contributed by atoms with Gasteiger partial charge in [-0.3, -0.25) is 5.10 Å². The lowest BCUT2D eigenvalue weighted by molar-refractivity contribution is 0.975. The van der Waals surface area contributed by atoms with Crippen LogP contribution in [0.3, 0.4) is 0 Å². The van der Waals surface area contributed by atoms with Crippen LogP contribution in [-0.2, 0) is 6.54 Å². The lowest BCUT2D eigenvalue weighted by atomic mass is 10.2. The Kier molecular flexibility index (Phi) is 3.29. The van der Waals surface area contributed by atoms with E-state index in [4.69, 9.17) is 4.98 Å². The van der Waals surface area contributed by atoms with Gasteiger partial charge in [-0.1, -0.05) is 18.2 Å². The van der Waals surface area contributed by atoms with Gasteiger partial charge >= 0.3 is 0 Å². The molecular formula is C16H13N5S. The van der Waals surface area contributed by atoms with Crippen LogP contribution < -0.4 is 5.32 Å². The highest BCUT2D eigenvalue weighted by Crippen LogP contribution is 2.27. The zero-order valence-corrected chi connectivity index (χ0v) is 12.5. The lowest BCUT2D eigenvalue weighted by Crippen LogP contribution is -2.04. The highest BCUT2D eigenvalue weighted by atomic mass is 32.1. The molecule has 0 bridgehead atoms. The minimum absolute atomic E-state index is 0.644. The Morgan fingerprint density at radius 2 is 2.00 bits per heavy atom. The Morgan fingerprint density at radius 1 is 1.05 bits per heavy atom. The molecule has 0 aliphatic heterocycles. The third kappa shape index (κ3) is 2.44. The molecule has 4 aromatic rings. The second kappa shape index (κ2) is 5.57. The molecule has 6 heteroatoms. The second-order valence-corrected chi connectivity index (χ2v) is 5.77. The molecule has 1 aromatic carbocycles. The smallest absolute Gasteiger partial charge is 0.172 e. The molecule has 0 spiro atoms. The molecule has 0 amide bonds. The van der Waals surface area contributed by atoms with Crippen LogP contribution in [-0.4, -0.2) is 20.2 Å². The van der Waals surface area contributed by atoms with Gasteiger partial charge in [0.05, 0.1) is 22.6 Å². The van der Waals surface area contributed by atoms with Crippen LogP contribution in [0.25, 0.3) is 21.6 Å². The molecule has 4 rings (SSSR count). The fourth-order valence-corrected chi connectivity index (χ4v) is 2.95. The molecule has 0 saturated carbocycles. The number of H-pyrrole nitrogens is 1. The normalized spacial score (nSPS) is 10.9. The first-order chi connectivity index (χ1) is 10.9. The van der Waals surface area contributed by atoms with E-state index in [2.05, 4.69) is 20.5 Å². The molecule has 0 aliphatic rings. The van der Waals surface area contributed by atoms with Gasteiger partial charge in [0.2, 0.25) is 0 Å². The van der Waals surface area contributed by atoms with Crippen LogP contribution >= 0.6 is 11.3 Å². The summed E-state index contributed by atoms with van der Waals surface area (Å²) in [5.74, 6) is 1.59. The number of hydrogen-bond acceptors (Lipinski definition) is 5. The van der Waals surface area contributed by atoms with Crippen LogP contribution in [0.1, 0.15) is 5.69 Å². The molecule has 5 nitrogen and oxygen atoms in total. The summed E-state index contributed by atoms with van der Waals surface area (Å²) in [5.41, 5.74) is 1.95. The minimum Gasteiger partial charge on any atom is -0.364 e. The van der Waals surface area contributed by atoms with Gasteiger partial charge in [-0.25, -0.2) is 9.97 Å². The third-order valence-electron chi connectivity index (χ3n) is 3.35. The van der Waals surface area contributed by atoms with Crippen LogP contribution in [0.2, 0.25) is 0 Å². The van der Waals surface area contributed by atoms with Crippen molar-refractivity contribution in [2.24, 2.45) is 0 Å². The summed E-state index contributed by atoms with van der Waals surface area (Å²) in [7, 11) is 0. The first-order valence-electron chi connectivity index (χ1n) is 6.93. The summed E-state index contributed by atoms with van der Waals surface area (Å²) in [5, 5.41) is 13.3. The maximum absolute atomic E-state index is 4.70. The summed E-state index contributed by atoms with van der Waals surface area (Å²) in [6, 6.07) is 14.0. The zero-order chi connectivity index (χ0) is 14.8. The number of fused-ring (bicyclic) bond motifs is 1. The number of rotatable bonds is 4. The zero-order valence-electron chi connectivity index (χ0n) is 11.7. The Hall–Kier alpha value is -2.73. The SMILES string of the molecule is c1csc(-c2nc(NCc3ccn[nH]3)c3ccccc3n2)c1. The molecular weight excluding hydrogens is 294 g/mol. The van der Waals surface area contributed by atoms with E-state index in [1.807, 2.05) is 47.8 Å². The van der Waals surface area contributed by atoms with Crippen molar-refractivity contribution < 1.29 is 0 Å². The van der Waals surface area contributed by atoms with E-state index < -0.39 is 0 Å². The van der Waals surface area contributed by atoms with Crippen LogP contribution in [0.15, 0.2) is 54.0 Å². The number of aromatic nitrogens is 4. The Balaban J connectivity index is 1.77. The van der Waals surface area contributed by atoms with Gasteiger partial charge in [0.1, 0.15) is 5.82 Å². The van der Waals surface area contributed by atoms with Gasteiger partial charge < -0.3 is 5.32 Å². The van der Waals surface area contributed by atoms with Gasteiger partial charge in [0, 0.05) is 11.6 Å². The number of nitrogens with zero attached hydrogens (tertiary/aromatic N) is 3. The standard InChI is InChI=1S/C16H13N5S/c1-2-5-13-12(4-1)15(17-10-11-7-8-18-21-11)20-16(19-13)14-6-3-9-22-14/h1-9H,10H2,(H,18,21)(H,17,19,20). The highest BCUT2D eigenvalue weighted by molar-refractivity contribution is 7.13. The number of thiophene rings is 1. The topological polar surface area (TPSA) is 66.5 Å². The molecule has 3 heterocycles. The van der Waals surface area contributed by atoms with Crippen LogP contribution in [0.5, 0.6) is 0 Å². The number of aromatic amines is 1. The van der Waals surface area contributed by atoms with Gasteiger partial charge in [-0.2, -0.15) is 5.10 Å². The summed E-state index contributed by atoms with van der Waals surface area (Å²) < 4.78 is 0. The second-order valence-electron chi connectivity index (χ2n) is 4.83. The Morgan fingerprint density at radius 3 is 2.82 bits per heavy atom. The molecule has 0 saturated heterocycles. The largest absolute Gasteiger partial charge is 0.364 e. The van der Waals surface area contributed by atoms with Crippen molar-refractivity contribution in [2.45, 2.75) is 6.54 Å². The van der Waals surface area contributed by atoms with E-state index in [1.165, 1.54) is 0 Å². The maximum Gasteiger partial charge on any atom is 0.172 e. The molecule has 108 valence electrons. The first-order valence-corrected chi connectivity index (χ1v) is 7.81.